The Morgan fingerprint density at radius 3 is 2.29 bits per heavy atom. The maximum Gasteiger partial charge on any atom is 0.417 e. The fourth-order valence-electron chi connectivity index (χ4n) is 7.14. The van der Waals surface area contributed by atoms with Crippen LogP contribution in [0.1, 0.15) is 59.4 Å². The predicted molar refractivity (Wildman–Crippen MR) is 132 cm³/mol. The Balaban J connectivity index is 1.42. The summed E-state index contributed by atoms with van der Waals surface area (Å²) >= 11 is 1.73. The number of hydrogen-bond donors (Lipinski definition) is 1. The van der Waals surface area contributed by atoms with Crippen molar-refractivity contribution in [1.82, 2.24) is 9.29 Å². The number of carbonyl (C=O) groups excluding carboxylic acids is 2. The molecule has 1 aliphatic heterocycles. The molecule has 3 atom stereocenters. The van der Waals surface area contributed by atoms with E-state index in [1.165, 1.54) is 6.92 Å². The Morgan fingerprint density at radius 2 is 1.83 bits per heavy atom. The Kier molecular flexibility index (Phi) is 6.71. The molecule has 1 amide bonds. The summed E-state index contributed by atoms with van der Waals surface area (Å²) in [5.74, 6) is 1.56. The molecule has 1 aromatic rings. The molecule has 3 unspecified atom stereocenters. The summed E-state index contributed by atoms with van der Waals surface area (Å²) < 4.78 is 41.7. The molecule has 0 radical (unpaired) electrons. The summed E-state index contributed by atoms with van der Waals surface area (Å²) in [5.41, 5.74) is -0.781. The molecule has 2 heterocycles. The van der Waals surface area contributed by atoms with Gasteiger partial charge in [0.2, 0.25) is 5.91 Å². The van der Waals surface area contributed by atoms with Gasteiger partial charge in [-0.15, -0.1) is 0 Å². The number of halogens is 3. The third kappa shape index (κ3) is 4.14. The van der Waals surface area contributed by atoms with Crippen LogP contribution in [-0.2, 0) is 15.8 Å². The zero-order chi connectivity index (χ0) is 25.8. The molecule has 2 aliphatic carbocycles. The van der Waals surface area contributed by atoms with Gasteiger partial charge in [-0.3, -0.25) is 9.59 Å². The van der Waals surface area contributed by atoms with Gasteiger partial charge in [0.1, 0.15) is 5.78 Å². The number of piperazine rings is 1. The first-order chi connectivity index (χ1) is 16.3. The van der Waals surface area contributed by atoms with E-state index in [1.807, 2.05) is 4.90 Å². The van der Waals surface area contributed by atoms with E-state index in [0.717, 1.165) is 37.3 Å². The molecule has 1 aromatic heterocycles. The quantitative estimate of drug-likeness (QED) is 0.504. The van der Waals surface area contributed by atoms with Crippen molar-refractivity contribution < 1.29 is 22.8 Å². The molecule has 194 valence electrons. The van der Waals surface area contributed by atoms with Gasteiger partial charge < -0.3 is 10.2 Å². The van der Waals surface area contributed by atoms with Gasteiger partial charge in [0.05, 0.1) is 11.3 Å². The van der Waals surface area contributed by atoms with E-state index in [9.17, 15) is 22.8 Å². The maximum absolute atomic E-state index is 13.2. The molecule has 0 bridgehead atoms. The van der Waals surface area contributed by atoms with E-state index in [4.69, 9.17) is 0 Å². The van der Waals surface area contributed by atoms with E-state index in [0.29, 0.717) is 43.7 Å². The molecule has 1 saturated heterocycles. The van der Waals surface area contributed by atoms with Crippen molar-refractivity contribution in [2.45, 2.75) is 60.1 Å². The van der Waals surface area contributed by atoms with Gasteiger partial charge in [-0.05, 0) is 42.6 Å². The molecule has 2 saturated carbocycles. The van der Waals surface area contributed by atoms with Crippen molar-refractivity contribution in [3.05, 3.63) is 17.8 Å². The number of carbonyl (C=O) groups is 2. The number of amides is 1. The highest BCUT2D eigenvalue weighted by molar-refractivity contribution is 7.97. The molecule has 3 fully saturated rings. The highest BCUT2D eigenvalue weighted by Gasteiger charge is 2.82. The van der Waals surface area contributed by atoms with E-state index in [-0.39, 0.29) is 21.9 Å². The SMILES string of the molecule is CCC1C(C)(C)C12CCC2(CSN1CCN(c2ncc(C(F)(F)F)cc2NC(C)=O)CC1)C(C)=O. The molecular weight excluding hydrogens is 477 g/mol. The van der Waals surface area contributed by atoms with E-state index >= 15 is 0 Å². The average molecular weight is 513 g/mol. The highest BCUT2D eigenvalue weighted by atomic mass is 32.2. The van der Waals surface area contributed by atoms with Crippen LogP contribution in [0.4, 0.5) is 24.7 Å². The summed E-state index contributed by atoms with van der Waals surface area (Å²) in [5, 5.41) is 2.50. The van der Waals surface area contributed by atoms with Crippen molar-refractivity contribution in [3.63, 3.8) is 0 Å². The van der Waals surface area contributed by atoms with Crippen molar-refractivity contribution in [1.29, 1.82) is 0 Å². The summed E-state index contributed by atoms with van der Waals surface area (Å²) in [6.45, 7) is 12.4. The molecule has 1 N–H and O–H groups in total. The zero-order valence-corrected chi connectivity index (χ0v) is 21.9. The Labute approximate surface area is 209 Å². The first kappa shape index (κ1) is 26.3. The molecule has 3 aliphatic rings. The number of aromatic nitrogens is 1. The molecule has 6 nitrogen and oxygen atoms in total. The molecule has 10 heteroatoms. The number of nitrogens with one attached hydrogen (secondary N) is 1. The van der Waals surface area contributed by atoms with Crippen LogP contribution in [0.25, 0.3) is 0 Å². The minimum absolute atomic E-state index is 0.0712. The summed E-state index contributed by atoms with van der Waals surface area (Å²) in [4.78, 5) is 30.5. The van der Waals surface area contributed by atoms with Crippen LogP contribution in [0.15, 0.2) is 12.3 Å². The van der Waals surface area contributed by atoms with Crippen LogP contribution >= 0.6 is 11.9 Å². The fourth-order valence-corrected chi connectivity index (χ4v) is 8.57. The number of nitrogens with zero attached hydrogens (tertiary/aromatic N) is 3. The number of alkyl halides is 3. The second-order valence-corrected chi connectivity index (χ2v) is 11.8. The third-order valence-electron chi connectivity index (χ3n) is 8.95. The minimum Gasteiger partial charge on any atom is -0.352 e. The lowest BCUT2D eigenvalue weighted by Crippen LogP contribution is -2.53. The predicted octanol–water partition coefficient (Wildman–Crippen LogP) is 5.25. The van der Waals surface area contributed by atoms with Crippen LogP contribution < -0.4 is 10.2 Å². The van der Waals surface area contributed by atoms with Crippen molar-refractivity contribution in [2.24, 2.45) is 22.2 Å². The van der Waals surface area contributed by atoms with E-state index in [2.05, 4.69) is 35.4 Å². The first-order valence-electron chi connectivity index (χ1n) is 12.3. The number of rotatable bonds is 7. The molecular formula is C25H35F3N4O2S. The van der Waals surface area contributed by atoms with E-state index in [1.54, 1.807) is 18.9 Å². The lowest BCUT2D eigenvalue weighted by atomic mass is 9.53. The second kappa shape index (κ2) is 8.94. The monoisotopic (exact) mass is 512 g/mol. The lowest BCUT2D eigenvalue weighted by molar-refractivity contribution is -0.140. The zero-order valence-electron chi connectivity index (χ0n) is 21.1. The summed E-state index contributed by atoms with van der Waals surface area (Å²) in [7, 11) is 0. The number of Topliss-reactive ketones (excluding diaryl/α,β-unsaturated/α-hetero) is 1. The Morgan fingerprint density at radius 1 is 1.17 bits per heavy atom. The normalized spacial score (nSPS) is 30.2. The highest BCUT2D eigenvalue weighted by Crippen LogP contribution is 2.85. The number of anilines is 2. The van der Waals surface area contributed by atoms with Gasteiger partial charge in [0, 0.05) is 50.5 Å². The standard InChI is InChI=1S/C25H35F3N4O2S/c1-6-20-22(4,5)24(20)8-7-23(24,16(2)33)15-35-32-11-9-31(10-12-32)21-19(30-17(3)34)13-18(14-29-21)25(26,27)28/h13-14,20H,6-12,15H2,1-5H3,(H,30,34). The molecule has 0 aromatic carbocycles. The number of ketones is 1. The van der Waals surface area contributed by atoms with Crippen molar-refractivity contribution >= 4 is 35.1 Å². The molecule has 35 heavy (non-hydrogen) atoms. The number of pyridine rings is 1. The van der Waals surface area contributed by atoms with Crippen LogP contribution in [-0.4, -0.2) is 52.9 Å². The lowest BCUT2D eigenvalue weighted by Gasteiger charge is -2.52. The third-order valence-corrected chi connectivity index (χ3v) is 10.3. The van der Waals surface area contributed by atoms with Crippen LogP contribution in [0.2, 0.25) is 0 Å². The van der Waals surface area contributed by atoms with Crippen LogP contribution in [0.5, 0.6) is 0 Å². The van der Waals surface area contributed by atoms with Crippen LogP contribution in [0, 0.1) is 22.2 Å². The topological polar surface area (TPSA) is 65.5 Å². The Bertz CT molecular complexity index is 1010. The van der Waals surface area contributed by atoms with Gasteiger partial charge in [0.15, 0.2) is 5.82 Å². The van der Waals surface area contributed by atoms with Gasteiger partial charge in [0.25, 0.3) is 0 Å². The van der Waals surface area contributed by atoms with Gasteiger partial charge in [-0.1, -0.05) is 39.1 Å². The summed E-state index contributed by atoms with van der Waals surface area (Å²) in [6.07, 6.45) is -0.548. The first-order valence-corrected chi connectivity index (χ1v) is 13.2. The second-order valence-electron chi connectivity index (χ2n) is 10.8. The van der Waals surface area contributed by atoms with Crippen molar-refractivity contribution in [3.8, 4) is 0 Å². The minimum atomic E-state index is -4.54. The van der Waals surface area contributed by atoms with Gasteiger partial charge in [-0.25, -0.2) is 9.29 Å². The smallest absolute Gasteiger partial charge is 0.352 e. The van der Waals surface area contributed by atoms with Crippen LogP contribution in [0.3, 0.4) is 0 Å². The fraction of sp³-hybridized carbons (Fsp3) is 0.720. The van der Waals surface area contributed by atoms with Gasteiger partial charge in [-0.2, -0.15) is 13.2 Å². The summed E-state index contributed by atoms with van der Waals surface area (Å²) in [6, 6.07) is 0.944. The average Bonchev–Trinajstić information content (AvgIpc) is 3.30. The van der Waals surface area contributed by atoms with Gasteiger partial charge >= 0.3 is 6.18 Å². The van der Waals surface area contributed by atoms with E-state index < -0.39 is 17.6 Å². The molecule has 1 spiro atoms. The number of hydrogen-bond acceptors (Lipinski definition) is 6. The largest absolute Gasteiger partial charge is 0.417 e. The Hall–Kier alpha value is -1.81. The van der Waals surface area contributed by atoms with Crippen molar-refractivity contribution in [2.75, 3.05) is 42.1 Å². The molecule has 4 rings (SSSR count). The maximum atomic E-state index is 13.2.